The van der Waals surface area contributed by atoms with E-state index in [2.05, 4.69) is 0 Å². The van der Waals surface area contributed by atoms with Crippen molar-refractivity contribution in [1.29, 1.82) is 5.26 Å². The number of primary amides is 1. The molecule has 0 aliphatic rings. The number of hydrogen-bond acceptors (Lipinski definition) is 2. The van der Waals surface area contributed by atoms with Crippen molar-refractivity contribution in [2.75, 3.05) is 0 Å². The maximum atomic E-state index is 10.8. The minimum absolute atomic E-state index is 0.396. The lowest BCUT2D eigenvalue weighted by Gasteiger charge is -2.05. The van der Waals surface area contributed by atoms with Gasteiger partial charge in [0, 0.05) is 0 Å². The number of carbonyl (C=O) groups is 1. The summed E-state index contributed by atoms with van der Waals surface area (Å²) in [5.41, 5.74) is 7.15. The first-order valence-electron chi connectivity index (χ1n) is 4.38. The molecule has 0 bridgehead atoms. The fourth-order valence-electron chi connectivity index (χ4n) is 1.28. The first kappa shape index (κ1) is 10.3. The number of benzene rings is 1. The highest BCUT2D eigenvalue weighted by atomic mass is 16.1. The molecule has 0 aliphatic carbocycles. The zero-order valence-electron chi connectivity index (χ0n) is 8.03. The second kappa shape index (κ2) is 4.43. The van der Waals surface area contributed by atoms with Crippen LogP contribution in [-0.4, -0.2) is 5.91 Å². The zero-order chi connectivity index (χ0) is 10.6. The number of nitrogens with two attached hydrogens (primary N) is 1. The Balaban J connectivity index is 2.78. The molecule has 0 saturated carbocycles. The highest BCUT2D eigenvalue weighted by Crippen LogP contribution is 2.09. The molecule has 1 rings (SSSR count). The summed E-state index contributed by atoms with van der Waals surface area (Å²) in [4.78, 5) is 10.8. The molecule has 0 aromatic heterocycles. The summed E-state index contributed by atoms with van der Waals surface area (Å²) in [5, 5.41) is 8.68. The lowest BCUT2D eigenvalue weighted by atomic mass is 9.99. The summed E-state index contributed by atoms with van der Waals surface area (Å²) in [5.74, 6) is -1.29. The average molecular weight is 188 g/mol. The highest BCUT2D eigenvalue weighted by Gasteiger charge is 2.14. The van der Waals surface area contributed by atoms with E-state index in [1.54, 1.807) is 0 Å². The molecule has 0 fully saturated rings. The Morgan fingerprint density at radius 3 is 2.86 bits per heavy atom. The van der Waals surface area contributed by atoms with Gasteiger partial charge in [0.2, 0.25) is 5.91 Å². The first-order chi connectivity index (χ1) is 6.63. The van der Waals surface area contributed by atoms with Crippen molar-refractivity contribution >= 4 is 5.91 Å². The van der Waals surface area contributed by atoms with Crippen molar-refractivity contribution in [3.05, 3.63) is 35.4 Å². The molecule has 14 heavy (non-hydrogen) atoms. The van der Waals surface area contributed by atoms with Gasteiger partial charge in [-0.15, -0.1) is 0 Å². The number of carbonyl (C=O) groups excluding carboxylic acids is 1. The van der Waals surface area contributed by atoms with Crippen LogP contribution in [0.1, 0.15) is 11.1 Å². The molecule has 0 saturated heterocycles. The van der Waals surface area contributed by atoms with Crippen LogP contribution in [0.4, 0.5) is 0 Å². The summed E-state index contributed by atoms with van der Waals surface area (Å²) in [7, 11) is 0. The maximum Gasteiger partial charge on any atom is 0.235 e. The Morgan fingerprint density at radius 1 is 1.64 bits per heavy atom. The van der Waals surface area contributed by atoms with Crippen LogP contribution >= 0.6 is 0 Å². The van der Waals surface area contributed by atoms with E-state index >= 15 is 0 Å². The van der Waals surface area contributed by atoms with Gasteiger partial charge < -0.3 is 5.73 Å². The predicted molar refractivity (Wildman–Crippen MR) is 53.2 cm³/mol. The van der Waals surface area contributed by atoms with Crippen LogP contribution in [0.15, 0.2) is 24.3 Å². The van der Waals surface area contributed by atoms with E-state index in [-0.39, 0.29) is 0 Å². The molecule has 1 aromatic carbocycles. The van der Waals surface area contributed by atoms with Gasteiger partial charge in [0.05, 0.1) is 6.07 Å². The summed E-state index contributed by atoms with van der Waals surface area (Å²) >= 11 is 0. The van der Waals surface area contributed by atoms with Crippen LogP contribution in [0.5, 0.6) is 0 Å². The van der Waals surface area contributed by atoms with E-state index < -0.39 is 11.8 Å². The maximum absolute atomic E-state index is 10.8. The van der Waals surface area contributed by atoms with Crippen LogP contribution in [0, 0.1) is 24.2 Å². The van der Waals surface area contributed by atoms with Crippen molar-refractivity contribution in [2.45, 2.75) is 13.3 Å². The third-order valence-corrected chi connectivity index (χ3v) is 2.02. The van der Waals surface area contributed by atoms with Gasteiger partial charge in [-0.25, -0.2) is 0 Å². The summed E-state index contributed by atoms with van der Waals surface area (Å²) in [6, 6.07) is 9.61. The number of aryl methyl sites for hydroxylation is 1. The van der Waals surface area contributed by atoms with Crippen molar-refractivity contribution in [3.8, 4) is 6.07 Å². The van der Waals surface area contributed by atoms with Gasteiger partial charge in [0.1, 0.15) is 5.92 Å². The van der Waals surface area contributed by atoms with E-state index in [9.17, 15) is 4.79 Å². The lowest BCUT2D eigenvalue weighted by molar-refractivity contribution is -0.120. The normalized spacial score (nSPS) is 11.7. The molecule has 1 atom stereocenters. The quantitative estimate of drug-likeness (QED) is 0.773. The zero-order valence-corrected chi connectivity index (χ0v) is 8.03. The minimum Gasteiger partial charge on any atom is -0.369 e. The smallest absolute Gasteiger partial charge is 0.235 e. The molecule has 3 nitrogen and oxygen atoms in total. The molecular formula is C11H12N2O. The van der Waals surface area contributed by atoms with E-state index in [0.29, 0.717) is 6.42 Å². The standard InChI is InChI=1S/C11H12N2O/c1-8-3-2-4-9(5-8)6-10(7-12)11(13)14/h2-5,10H,6H2,1H3,(H2,13,14). The third-order valence-electron chi connectivity index (χ3n) is 2.02. The van der Waals surface area contributed by atoms with E-state index in [0.717, 1.165) is 11.1 Å². The van der Waals surface area contributed by atoms with Crippen molar-refractivity contribution in [1.82, 2.24) is 0 Å². The molecule has 1 amide bonds. The van der Waals surface area contributed by atoms with Crippen LogP contribution in [0.2, 0.25) is 0 Å². The van der Waals surface area contributed by atoms with Crippen LogP contribution in [-0.2, 0) is 11.2 Å². The van der Waals surface area contributed by atoms with Crippen molar-refractivity contribution in [2.24, 2.45) is 11.7 Å². The Hall–Kier alpha value is -1.82. The van der Waals surface area contributed by atoms with Gasteiger partial charge in [-0.1, -0.05) is 29.8 Å². The van der Waals surface area contributed by atoms with Crippen molar-refractivity contribution in [3.63, 3.8) is 0 Å². The van der Waals surface area contributed by atoms with Gasteiger partial charge in [-0.3, -0.25) is 4.79 Å². The van der Waals surface area contributed by atoms with Gasteiger partial charge in [-0.05, 0) is 18.9 Å². The van der Waals surface area contributed by atoms with Crippen LogP contribution in [0.25, 0.3) is 0 Å². The molecular weight excluding hydrogens is 176 g/mol. The van der Waals surface area contributed by atoms with Gasteiger partial charge in [0.25, 0.3) is 0 Å². The molecule has 1 unspecified atom stereocenters. The second-order valence-electron chi connectivity index (χ2n) is 3.28. The van der Waals surface area contributed by atoms with Crippen LogP contribution in [0.3, 0.4) is 0 Å². The van der Waals surface area contributed by atoms with E-state index in [4.69, 9.17) is 11.0 Å². The molecule has 1 aromatic rings. The Morgan fingerprint density at radius 2 is 2.36 bits per heavy atom. The Labute approximate surface area is 83.2 Å². The number of rotatable bonds is 3. The lowest BCUT2D eigenvalue weighted by Crippen LogP contribution is -2.23. The van der Waals surface area contributed by atoms with Gasteiger partial charge in [-0.2, -0.15) is 5.26 Å². The largest absolute Gasteiger partial charge is 0.369 e. The van der Waals surface area contributed by atoms with Gasteiger partial charge >= 0.3 is 0 Å². The Kier molecular flexibility index (Phi) is 3.24. The molecule has 2 N–H and O–H groups in total. The summed E-state index contributed by atoms with van der Waals surface area (Å²) in [6.07, 6.45) is 0.396. The fraction of sp³-hybridized carbons (Fsp3) is 0.273. The van der Waals surface area contributed by atoms with E-state index in [1.807, 2.05) is 37.3 Å². The van der Waals surface area contributed by atoms with Crippen molar-refractivity contribution < 1.29 is 4.79 Å². The van der Waals surface area contributed by atoms with Crippen LogP contribution < -0.4 is 5.73 Å². The molecule has 72 valence electrons. The average Bonchev–Trinajstić information content (AvgIpc) is 2.14. The highest BCUT2D eigenvalue weighted by molar-refractivity contribution is 5.79. The third kappa shape index (κ3) is 2.60. The minimum atomic E-state index is -0.725. The summed E-state index contributed by atoms with van der Waals surface area (Å²) < 4.78 is 0. The van der Waals surface area contributed by atoms with E-state index in [1.165, 1.54) is 0 Å². The molecule has 0 radical (unpaired) electrons. The molecule has 0 aliphatic heterocycles. The number of hydrogen-bond donors (Lipinski definition) is 1. The SMILES string of the molecule is Cc1cccc(CC(C#N)C(N)=O)c1. The fourth-order valence-corrected chi connectivity index (χ4v) is 1.28. The molecule has 0 heterocycles. The number of nitrogens with zero attached hydrogens (tertiary/aromatic N) is 1. The Bertz CT molecular complexity index is 379. The number of amides is 1. The molecule has 3 heteroatoms. The summed E-state index contributed by atoms with van der Waals surface area (Å²) in [6.45, 7) is 1.97. The predicted octanol–water partition coefficient (Wildman–Crippen LogP) is 1.16. The second-order valence-corrected chi connectivity index (χ2v) is 3.28. The first-order valence-corrected chi connectivity index (χ1v) is 4.38. The monoisotopic (exact) mass is 188 g/mol. The number of nitriles is 1. The van der Waals surface area contributed by atoms with Gasteiger partial charge in [0.15, 0.2) is 0 Å². The topological polar surface area (TPSA) is 66.9 Å². The molecule has 0 spiro atoms.